The summed E-state index contributed by atoms with van der Waals surface area (Å²) >= 11 is 0. The van der Waals surface area contributed by atoms with E-state index in [1.807, 2.05) is 19.2 Å². The minimum Gasteiger partial charge on any atom is -0.508 e. The van der Waals surface area contributed by atoms with Crippen molar-refractivity contribution in [1.29, 1.82) is 0 Å². The molecule has 1 aliphatic rings. The van der Waals surface area contributed by atoms with Gasteiger partial charge in [0.2, 0.25) is 0 Å². The highest BCUT2D eigenvalue weighted by molar-refractivity contribution is 6.01. The summed E-state index contributed by atoms with van der Waals surface area (Å²) < 4.78 is 0. The van der Waals surface area contributed by atoms with E-state index >= 15 is 0 Å². The Morgan fingerprint density at radius 3 is 2.77 bits per heavy atom. The summed E-state index contributed by atoms with van der Waals surface area (Å²) in [7, 11) is 1.83. The first kappa shape index (κ1) is 20.4. The van der Waals surface area contributed by atoms with Gasteiger partial charge in [-0.25, -0.2) is 0 Å². The van der Waals surface area contributed by atoms with Crippen molar-refractivity contribution in [2.24, 2.45) is 5.73 Å². The van der Waals surface area contributed by atoms with Crippen LogP contribution >= 0.6 is 0 Å². The largest absolute Gasteiger partial charge is 0.508 e. The molecule has 1 atom stereocenters. The summed E-state index contributed by atoms with van der Waals surface area (Å²) in [6, 6.07) is 13.0. The maximum atomic E-state index is 12.9. The molecule has 6 heteroatoms. The third kappa shape index (κ3) is 3.80. The number of nitrogens with one attached hydrogen (secondary N) is 2. The van der Waals surface area contributed by atoms with E-state index in [0.717, 1.165) is 53.7 Å². The summed E-state index contributed by atoms with van der Waals surface area (Å²) in [5, 5.41) is 14.7. The summed E-state index contributed by atoms with van der Waals surface area (Å²) in [5.41, 5.74) is 10.3. The molecule has 2 aromatic carbocycles. The molecule has 0 bridgehead atoms. The number of hydrogen-bond donors (Lipinski definition) is 4. The van der Waals surface area contributed by atoms with Crippen molar-refractivity contribution in [2.75, 3.05) is 20.1 Å². The van der Waals surface area contributed by atoms with Crippen molar-refractivity contribution in [1.82, 2.24) is 15.2 Å². The highest BCUT2D eigenvalue weighted by Crippen LogP contribution is 2.43. The van der Waals surface area contributed by atoms with E-state index in [2.05, 4.69) is 22.4 Å². The number of nitrogens with two attached hydrogens (primary N) is 1. The molecule has 0 saturated carbocycles. The van der Waals surface area contributed by atoms with Gasteiger partial charge in [-0.15, -0.1) is 0 Å². The van der Waals surface area contributed by atoms with Gasteiger partial charge in [-0.05, 0) is 55.8 Å². The Labute approximate surface area is 177 Å². The fraction of sp³-hybridized carbons (Fsp3) is 0.375. The number of fused-ring (bicyclic) bond motifs is 2. The van der Waals surface area contributed by atoms with E-state index in [1.165, 1.54) is 12.8 Å². The van der Waals surface area contributed by atoms with Gasteiger partial charge in [0, 0.05) is 41.3 Å². The number of aromatic nitrogens is 1. The van der Waals surface area contributed by atoms with Gasteiger partial charge in [0.25, 0.3) is 5.91 Å². The number of carbonyl (C=O) groups is 1. The van der Waals surface area contributed by atoms with Crippen LogP contribution in [0.4, 0.5) is 0 Å². The Balaban J connectivity index is 1.63. The van der Waals surface area contributed by atoms with Crippen LogP contribution in [0.1, 0.15) is 58.9 Å². The number of unbranched alkanes of at least 4 members (excludes halogenated alkanes) is 3. The zero-order valence-corrected chi connectivity index (χ0v) is 17.4. The number of rotatable bonds is 9. The molecule has 158 valence electrons. The second-order valence-corrected chi connectivity index (χ2v) is 8.03. The van der Waals surface area contributed by atoms with Crippen LogP contribution in [0.2, 0.25) is 0 Å². The molecule has 0 saturated heterocycles. The zero-order chi connectivity index (χ0) is 21.1. The van der Waals surface area contributed by atoms with Gasteiger partial charge in [-0.1, -0.05) is 31.0 Å². The number of para-hydroxylation sites is 1. The molecule has 2 heterocycles. The van der Waals surface area contributed by atoms with E-state index < -0.39 is 0 Å². The predicted molar refractivity (Wildman–Crippen MR) is 120 cm³/mol. The van der Waals surface area contributed by atoms with Gasteiger partial charge in [0.05, 0.1) is 6.04 Å². The second kappa shape index (κ2) is 8.90. The van der Waals surface area contributed by atoms with Crippen molar-refractivity contribution in [3.8, 4) is 5.75 Å². The van der Waals surface area contributed by atoms with Crippen LogP contribution in [0.5, 0.6) is 5.75 Å². The van der Waals surface area contributed by atoms with Gasteiger partial charge < -0.3 is 26.0 Å². The number of H-pyrrole nitrogens is 1. The molecule has 0 radical (unpaired) electrons. The number of nitrogens with zero attached hydrogens (tertiary/aromatic N) is 1. The molecular weight excluding hydrogens is 376 g/mol. The van der Waals surface area contributed by atoms with Crippen LogP contribution in [0, 0.1) is 0 Å². The minimum absolute atomic E-state index is 0.0147. The number of amides is 1. The lowest BCUT2D eigenvalue weighted by Crippen LogP contribution is -2.25. The first-order valence-corrected chi connectivity index (χ1v) is 10.7. The molecule has 1 aromatic heterocycles. The molecule has 1 aliphatic heterocycles. The molecule has 0 fully saturated rings. The van der Waals surface area contributed by atoms with E-state index in [0.29, 0.717) is 12.1 Å². The van der Waals surface area contributed by atoms with Gasteiger partial charge in [-0.3, -0.25) is 4.79 Å². The molecule has 0 aliphatic carbocycles. The van der Waals surface area contributed by atoms with Crippen LogP contribution in [0.15, 0.2) is 42.5 Å². The van der Waals surface area contributed by atoms with Gasteiger partial charge in [0.1, 0.15) is 5.75 Å². The average molecular weight is 407 g/mol. The number of phenolic OH excluding ortho intramolecular Hbond substituents is 1. The van der Waals surface area contributed by atoms with Crippen LogP contribution in [0.3, 0.4) is 0 Å². The predicted octanol–water partition coefficient (Wildman–Crippen LogP) is 3.66. The standard InChI is InChI=1S/C24H30N4O2/c1-28-23(19-14-16(29)10-11-17(19)24(28)30)22-18-8-4-5-9-20(18)27-21(22)15-26-13-7-3-2-6-12-25/h4-5,8-11,14,23,26-27,29H,2-3,6-7,12-13,15,25H2,1H3. The van der Waals surface area contributed by atoms with Crippen molar-refractivity contribution < 1.29 is 9.90 Å². The number of phenols is 1. The maximum Gasteiger partial charge on any atom is 0.254 e. The highest BCUT2D eigenvalue weighted by atomic mass is 16.3. The fourth-order valence-electron chi connectivity index (χ4n) is 4.47. The zero-order valence-electron chi connectivity index (χ0n) is 17.4. The Morgan fingerprint density at radius 2 is 1.93 bits per heavy atom. The molecule has 6 nitrogen and oxygen atoms in total. The lowest BCUT2D eigenvalue weighted by molar-refractivity contribution is 0.0794. The molecule has 0 spiro atoms. The molecule has 30 heavy (non-hydrogen) atoms. The Hall–Kier alpha value is -2.83. The highest BCUT2D eigenvalue weighted by Gasteiger charge is 2.38. The van der Waals surface area contributed by atoms with E-state index in [4.69, 9.17) is 5.73 Å². The first-order chi connectivity index (χ1) is 14.6. The number of aromatic amines is 1. The van der Waals surface area contributed by atoms with Crippen molar-refractivity contribution in [2.45, 2.75) is 38.3 Å². The van der Waals surface area contributed by atoms with Crippen LogP contribution in [-0.2, 0) is 6.54 Å². The van der Waals surface area contributed by atoms with E-state index in [9.17, 15) is 9.90 Å². The Morgan fingerprint density at radius 1 is 1.13 bits per heavy atom. The van der Waals surface area contributed by atoms with Gasteiger partial charge >= 0.3 is 0 Å². The van der Waals surface area contributed by atoms with Crippen LogP contribution < -0.4 is 11.1 Å². The number of benzene rings is 2. The first-order valence-electron chi connectivity index (χ1n) is 10.7. The Bertz CT molecular complexity index is 1040. The van der Waals surface area contributed by atoms with Gasteiger partial charge in [0.15, 0.2) is 0 Å². The lowest BCUT2D eigenvalue weighted by Gasteiger charge is -2.22. The topological polar surface area (TPSA) is 94.4 Å². The fourth-order valence-corrected chi connectivity index (χ4v) is 4.47. The quantitative estimate of drug-likeness (QED) is 0.408. The molecule has 5 N–H and O–H groups in total. The third-order valence-electron chi connectivity index (χ3n) is 5.98. The second-order valence-electron chi connectivity index (χ2n) is 8.03. The maximum absolute atomic E-state index is 12.9. The summed E-state index contributed by atoms with van der Waals surface area (Å²) in [6.07, 6.45) is 4.55. The third-order valence-corrected chi connectivity index (χ3v) is 5.98. The SMILES string of the molecule is CN1C(=O)c2ccc(O)cc2C1c1c(CNCCCCCCN)[nH]c2ccccc12. The van der Waals surface area contributed by atoms with E-state index in [1.54, 1.807) is 23.1 Å². The average Bonchev–Trinajstić information content (AvgIpc) is 3.21. The van der Waals surface area contributed by atoms with Gasteiger partial charge in [-0.2, -0.15) is 0 Å². The number of carbonyl (C=O) groups excluding carboxylic acids is 1. The molecular formula is C24H30N4O2. The Kier molecular flexibility index (Phi) is 6.06. The van der Waals surface area contributed by atoms with Crippen molar-refractivity contribution in [3.05, 3.63) is 64.8 Å². The minimum atomic E-state index is -0.225. The lowest BCUT2D eigenvalue weighted by atomic mass is 9.95. The molecule has 1 amide bonds. The molecule has 1 unspecified atom stereocenters. The number of hydrogen-bond acceptors (Lipinski definition) is 4. The monoisotopic (exact) mass is 406 g/mol. The van der Waals surface area contributed by atoms with E-state index in [-0.39, 0.29) is 17.7 Å². The van der Waals surface area contributed by atoms with Crippen LogP contribution in [-0.4, -0.2) is 41.0 Å². The normalized spacial score (nSPS) is 15.9. The summed E-state index contributed by atoms with van der Waals surface area (Å²) in [6.45, 7) is 2.40. The smallest absolute Gasteiger partial charge is 0.254 e. The van der Waals surface area contributed by atoms with Crippen molar-refractivity contribution >= 4 is 16.8 Å². The molecule has 4 rings (SSSR count). The molecule has 3 aromatic rings. The summed E-state index contributed by atoms with van der Waals surface area (Å²) in [4.78, 5) is 18.2. The summed E-state index contributed by atoms with van der Waals surface area (Å²) in [5.74, 6) is 0.165. The van der Waals surface area contributed by atoms with Crippen LogP contribution in [0.25, 0.3) is 10.9 Å². The van der Waals surface area contributed by atoms with Crippen molar-refractivity contribution in [3.63, 3.8) is 0 Å². The number of aromatic hydroxyl groups is 1.